The van der Waals surface area contributed by atoms with E-state index in [2.05, 4.69) is 5.32 Å². The Kier molecular flexibility index (Phi) is 4.89. The average Bonchev–Trinajstić information content (AvgIpc) is 2.46. The number of amides is 2. The van der Waals surface area contributed by atoms with Crippen LogP contribution in [0.25, 0.3) is 0 Å². The van der Waals surface area contributed by atoms with E-state index in [1.807, 2.05) is 0 Å². The van der Waals surface area contributed by atoms with Crippen LogP contribution in [0.15, 0.2) is 18.2 Å². The predicted octanol–water partition coefficient (Wildman–Crippen LogP) is 2.59. The lowest BCUT2D eigenvalue weighted by Crippen LogP contribution is -2.42. The highest BCUT2D eigenvalue weighted by molar-refractivity contribution is 6.36. The molecule has 0 bridgehead atoms. The zero-order valence-electron chi connectivity index (χ0n) is 11.2. The summed E-state index contributed by atoms with van der Waals surface area (Å²) in [6.45, 7) is 1.13. The molecule has 0 radical (unpaired) electrons. The van der Waals surface area contributed by atoms with Gasteiger partial charge in [-0.25, -0.2) is 0 Å². The van der Waals surface area contributed by atoms with Crippen molar-refractivity contribution in [2.45, 2.75) is 12.8 Å². The third kappa shape index (κ3) is 3.25. The smallest absolute Gasteiger partial charge is 0.255 e. The first-order valence-electron chi connectivity index (χ1n) is 6.49. The van der Waals surface area contributed by atoms with Crippen LogP contribution in [0.3, 0.4) is 0 Å². The molecule has 2 amide bonds. The zero-order valence-corrected chi connectivity index (χ0v) is 12.7. The third-order valence-electron chi connectivity index (χ3n) is 3.56. The average molecular weight is 315 g/mol. The van der Waals surface area contributed by atoms with Gasteiger partial charge >= 0.3 is 0 Å². The van der Waals surface area contributed by atoms with Gasteiger partial charge in [-0.3, -0.25) is 9.59 Å². The maximum absolute atomic E-state index is 12.4. The molecule has 6 heteroatoms. The number of rotatable bonds is 2. The first-order valence-corrected chi connectivity index (χ1v) is 7.24. The van der Waals surface area contributed by atoms with E-state index in [4.69, 9.17) is 23.2 Å². The highest BCUT2D eigenvalue weighted by Crippen LogP contribution is 2.25. The van der Waals surface area contributed by atoms with Crippen LogP contribution in [0.4, 0.5) is 0 Å². The number of carbonyl (C=O) groups is 2. The molecule has 1 N–H and O–H groups in total. The Morgan fingerprint density at radius 2 is 1.90 bits per heavy atom. The molecular formula is C14H16Cl2N2O2. The Morgan fingerprint density at radius 1 is 1.25 bits per heavy atom. The minimum absolute atomic E-state index is 0.00950. The van der Waals surface area contributed by atoms with Gasteiger partial charge in [0.1, 0.15) is 0 Å². The minimum atomic E-state index is -0.109. The van der Waals surface area contributed by atoms with Crippen LogP contribution >= 0.6 is 23.2 Å². The summed E-state index contributed by atoms with van der Waals surface area (Å²) in [5.41, 5.74) is 0.453. The van der Waals surface area contributed by atoms with Crippen LogP contribution in [0, 0.1) is 5.92 Å². The number of nitrogens with zero attached hydrogens (tertiary/aromatic N) is 1. The van der Waals surface area contributed by atoms with E-state index < -0.39 is 0 Å². The highest BCUT2D eigenvalue weighted by Gasteiger charge is 2.27. The molecule has 1 aliphatic heterocycles. The Bertz CT molecular complexity index is 526. The zero-order chi connectivity index (χ0) is 14.7. The summed E-state index contributed by atoms with van der Waals surface area (Å²) in [6.07, 6.45) is 1.35. The summed E-state index contributed by atoms with van der Waals surface area (Å²) in [4.78, 5) is 25.7. The number of likely N-dealkylation sites (tertiary alicyclic amines) is 1. The quantitative estimate of drug-likeness (QED) is 0.912. The van der Waals surface area contributed by atoms with Crippen LogP contribution in [-0.4, -0.2) is 36.9 Å². The van der Waals surface area contributed by atoms with E-state index in [0.717, 1.165) is 0 Å². The van der Waals surface area contributed by atoms with Gasteiger partial charge in [0.05, 0.1) is 10.6 Å². The van der Waals surface area contributed by atoms with Gasteiger partial charge in [0.15, 0.2) is 0 Å². The number of halogens is 2. The van der Waals surface area contributed by atoms with Gasteiger partial charge in [-0.2, -0.15) is 0 Å². The minimum Gasteiger partial charge on any atom is -0.359 e. The highest BCUT2D eigenvalue weighted by atomic mass is 35.5. The molecule has 0 saturated carbocycles. The first-order chi connectivity index (χ1) is 9.52. The lowest BCUT2D eigenvalue weighted by molar-refractivity contribution is -0.125. The van der Waals surface area contributed by atoms with Crippen molar-refractivity contribution in [2.75, 3.05) is 20.1 Å². The molecule has 1 aliphatic rings. The van der Waals surface area contributed by atoms with Crippen molar-refractivity contribution in [1.82, 2.24) is 10.2 Å². The maximum atomic E-state index is 12.4. The van der Waals surface area contributed by atoms with Crippen LogP contribution in [0.1, 0.15) is 23.2 Å². The molecule has 1 heterocycles. The number of carbonyl (C=O) groups excluding carboxylic acids is 2. The Hall–Kier alpha value is -1.26. The van der Waals surface area contributed by atoms with Crippen LogP contribution in [0.5, 0.6) is 0 Å². The summed E-state index contributed by atoms with van der Waals surface area (Å²) < 4.78 is 0. The SMILES string of the molecule is CNC(=O)C1CCN(C(=O)c2ccc(Cl)cc2Cl)CC1. The molecule has 2 rings (SSSR count). The monoisotopic (exact) mass is 314 g/mol. The molecule has 20 heavy (non-hydrogen) atoms. The normalized spacial score (nSPS) is 16.1. The van der Waals surface area contributed by atoms with Gasteiger partial charge in [-0.15, -0.1) is 0 Å². The first kappa shape index (κ1) is 15.1. The second-order valence-electron chi connectivity index (χ2n) is 4.80. The van der Waals surface area contributed by atoms with Crippen molar-refractivity contribution in [3.05, 3.63) is 33.8 Å². The lowest BCUT2D eigenvalue weighted by atomic mass is 9.95. The second kappa shape index (κ2) is 6.46. The van der Waals surface area contributed by atoms with Gasteiger partial charge in [-0.1, -0.05) is 23.2 Å². The fourth-order valence-electron chi connectivity index (χ4n) is 2.38. The van der Waals surface area contributed by atoms with Crippen LogP contribution < -0.4 is 5.32 Å². The molecule has 1 fully saturated rings. The van der Waals surface area contributed by atoms with Crippen molar-refractivity contribution >= 4 is 35.0 Å². The summed E-state index contributed by atoms with van der Waals surface area (Å²) in [5.74, 6) is -0.0756. The second-order valence-corrected chi connectivity index (χ2v) is 5.65. The number of nitrogens with one attached hydrogen (secondary N) is 1. The summed E-state index contributed by atoms with van der Waals surface area (Å²) in [6, 6.07) is 4.85. The largest absolute Gasteiger partial charge is 0.359 e. The van der Waals surface area contributed by atoms with Crippen molar-refractivity contribution < 1.29 is 9.59 Å². The Labute approximate surface area is 128 Å². The van der Waals surface area contributed by atoms with Crippen molar-refractivity contribution in [3.63, 3.8) is 0 Å². The van der Waals surface area contributed by atoms with E-state index in [-0.39, 0.29) is 17.7 Å². The van der Waals surface area contributed by atoms with Gasteiger partial charge in [-0.05, 0) is 31.0 Å². The van der Waals surface area contributed by atoms with E-state index >= 15 is 0 Å². The predicted molar refractivity (Wildman–Crippen MR) is 79.2 cm³/mol. The molecule has 0 unspecified atom stereocenters. The molecule has 4 nitrogen and oxygen atoms in total. The third-order valence-corrected chi connectivity index (χ3v) is 4.11. The van der Waals surface area contributed by atoms with E-state index in [9.17, 15) is 9.59 Å². The van der Waals surface area contributed by atoms with E-state index in [1.54, 1.807) is 30.1 Å². The fraction of sp³-hybridized carbons (Fsp3) is 0.429. The number of hydrogen-bond acceptors (Lipinski definition) is 2. The molecule has 1 aromatic rings. The summed E-state index contributed by atoms with van der Waals surface area (Å²) >= 11 is 11.9. The molecular weight excluding hydrogens is 299 g/mol. The fourth-order valence-corrected chi connectivity index (χ4v) is 2.87. The topological polar surface area (TPSA) is 49.4 Å². The molecule has 0 aromatic heterocycles. The van der Waals surface area contributed by atoms with Gasteiger partial charge in [0.2, 0.25) is 5.91 Å². The van der Waals surface area contributed by atoms with E-state index in [0.29, 0.717) is 41.5 Å². The Balaban J connectivity index is 2.03. The van der Waals surface area contributed by atoms with Gasteiger partial charge in [0.25, 0.3) is 5.91 Å². The van der Waals surface area contributed by atoms with Crippen LogP contribution in [-0.2, 0) is 4.79 Å². The lowest BCUT2D eigenvalue weighted by Gasteiger charge is -2.31. The summed E-state index contributed by atoms with van der Waals surface area (Å²) in [7, 11) is 1.63. The number of hydrogen-bond donors (Lipinski definition) is 1. The van der Waals surface area contributed by atoms with Crippen LogP contribution in [0.2, 0.25) is 10.0 Å². The standard InChI is InChI=1S/C14H16Cl2N2O2/c1-17-13(19)9-4-6-18(7-5-9)14(20)11-3-2-10(15)8-12(11)16/h2-3,8-9H,4-7H2,1H3,(H,17,19). The summed E-state index contributed by atoms with van der Waals surface area (Å²) in [5, 5.41) is 3.51. The van der Waals surface area contributed by atoms with Gasteiger partial charge in [0, 0.05) is 31.1 Å². The number of benzene rings is 1. The molecule has 0 atom stereocenters. The molecule has 0 aliphatic carbocycles. The molecule has 1 saturated heterocycles. The Morgan fingerprint density at radius 3 is 2.45 bits per heavy atom. The molecule has 1 aromatic carbocycles. The maximum Gasteiger partial charge on any atom is 0.255 e. The van der Waals surface area contributed by atoms with Crippen molar-refractivity contribution in [3.8, 4) is 0 Å². The molecule has 108 valence electrons. The van der Waals surface area contributed by atoms with Gasteiger partial charge < -0.3 is 10.2 Å². The van der Waals surface area contributed by atoms with Crippen molar-refractivity contribution in [1.29, 1.82) is 0 Å². The molecule has 0 spiro atoms. The number of piperidine rings is 1. The van der Waals surface area contributed by atoms with Crippen molar-refractivity contribution in [2.24, 2.45) is 5.92 Å². The van der Waals surface area contributed by atoms with E-state index in [1.165, 1.54) is 0 Å².